The lowest BCUT2D eigenvalue weighted by Crippen LogP contribution is -2.30. The number of hydrogen-bond donors (Lipinski definition) is 0. The number of allylic oxidation sites excluding steroid dienone is 20. The van der Waals surface area contributed by atoms with Gasteiger partial charge in [-0.2, -0.15) is 0 Å². The van der Waals surface area contributed by atoms with Crippen LogP contribution in [-0.4, -0.2) is 37.2 Å². The van der Waals surface area contributed by atoms with Crippen molar-refractivity contribution in [1.82, 2.24) is 0 Å². The summed E-state index contributed by atoms with van der Waals surface area (Å²) < 4.78 is 16.7. The molecule has 0 aliphatic carbocycles. The molecule has 0 amide bonds. The minimum absolute atomic E-state index is 0.110. The van der Waals surface area contributed by atoms with Crippen molar-refractivity contribution < 1.29 is 28.6 Å². The van der Waals surface area contributed by atoms with Crippen molar-refractivity contribution in [3.63, 3.8) is 0 Å². The molecule has 0 bridgehead atoms. The molecule has 1 atom stereocenters. The lowest BCUT2D eigenvalue weighted by molar-refractivity contribution is -0.167. The quantitative estimate of drug-likeness (QED) is 0.0262. The molecule has 0 heterocycles. The Morgan fingerprint density at radius 3 is 0.969 bits per heavy atom. The molecule has 0 radical (unpaired) electrons. The maximum atomic E-state index is 12.8. The van der Waals surface area contributed by atoms with Crippen LogP contribution < -0.4 is 0 Å². The summed E-state index contributed by atoms with van der Waals surface area (Å²) in [7, 11) is 0. The van der Waals surface area contributed by atoms with Crippen LogP contribution in [0.5, 0.6) is 0 Å². The van der Waals surface area contributed by atoms with Crippen molar-refractivity contribution in [2.24, 2.45) is 0 Å². The first-order valence-corrected chi connectivity index (χ1v) is 26.0. The molecule has 0 aliphatic heterocycles. The van der Waals surface area contributed by atoms with Gasteiger partial charge in [0.15, 0.2) is 6.10 Å². The van der Waals surface area contributed by atoms with Gasteiger partial charge in [-0.05, 0) is 128 Å². The summed E-state index contributed by atoms with van der Waals surface area (Å²) in [6.45, 7) is 6.30. The lowest BCUT2D eigenvalue weighted by Gasteiger charge is -2.18. The van der Waals surface area contributed by atoms with Gasteiger partial charge >= 0.3 is 17.9 Å². The molecule has 0 rings (SSSR count). The summed E-state index contributed by atoms with van der Waals surface area (Å²) in [5.74, 6) is -0.991. The fourth-order valence-corrected chi connectivity index (χ4v) is 6.57. The SMILES string of the molecule is CC/C=C\C/C=C\C/C=C\C/C=C\C/C=C\CCCCCC(=O)OCC(COC(=O)CCCCCCC/C=C\CCCCC)OC(=O)CCCCC/C=C\C/C=C\C/C=C\C/C=C\CC. The average Bonchev–Trinajstić information content (AvgIpc) is 3.30. The van der Waals surface area contributed by atoms with Gasteiger partial charge < -0.3 is 14.2 Å². The van der Waals surface area contributed by atoms with Gasteiger partial charge in [0.05, 0.1) is 0 Å². The molecule has 0 N–H and O–H groups in total. The van der Waals surface area contributed by atoms with Crippen molar-refractivity contribution in [2.75, 3.05) is 13.2 Å². The Kier molecular flexibility index (Phi) is 49.1. The Labute approximate surface area is 399 Å². The second-order valence-electron chi connectivity index (χ2n) is 16.7. The van der Waals surface area contributed by atoms with E-state index in [9.17, 15) is 14.4 Å². The zero-order valence-corrected chi connectivity index (χ0v) is 41.7. The Hall–Kier alpha value is -4.19. The first kappa shape index (κ1) is 60.8. The molecular weight excluding hydrogens is 805 g/mol. The van der Waals surface area contributed by atoms with E-state index in [-0.39, 0.29) is 37.5 Å². The Bertz CT molecular complexity index is 1400. The summed E-state index contributed by atoms with van der Waals surface area (Å²) in [4.78, 5) is 38.0. The summed E-state index contributed by atoms with van der Waals surface area (Å²) >= 11 is 0. The molecule has 0 aromatic rings. The van der Waals surface area contributed by atoms with E-state index in [1.807, 2.05) is 0 Å². The molecule has 65 heavy (non-hydrogen) atoms. The zero-order valence-electron chi connectivity index (χ0n) is 41.7. The molecule has 1 unspecified atom stereocenters. The summed E-state index contributed by atoms with van der Waals surface area (Å²) in [6, 6.07) is 0. The second-order valence-corrected chi connectivity index (χ2v) is 16.7. The molecular formula is C59H94O6. The number of ether oxygens (including phenoxy) is 3. The number of carbonyl (C=O) groups excluding carboxylic acids is 3. The van der Waals surface area contributed by atoms with Crippen LogP contribution in [-0.2, 0) is 28.6 Å². The van der Waals surface area contributed by atoms with E-state index in [1.54, 1.807) is 0 Å². The molecule has 0 spiro atoms. The average molecular weight is 899 g/mol. The topological polar surface area (TPSA) is 78.9 Å². The smallest absolute Gasteiger partial charge is 0.306 e. The molecule has 0 saturated heterocycles. The fourth-order valence-electron chi connectivity index (χ4n) is 6.57. The van der Waals surface area contributed by atoms with Crippen LogP contribution in [0.3, 0.4) is 0 Å². The van der Waals surface area contributed by atoms with Crippen LogP contribution in [0.15, 0.2) is 122 Å². The summed E-state index contributed by atoms with van der Waals surface area (Å²) in [6.07, 6.45) is 71.8. The molecule has 0 fully saturated rings. The largest absolute Gasteiger partial charge is 0.462 e. The van der Waals surface area contributed by atoms with Crippen molar-refractivity contribution >= 4 is 17.9 Å². The van der Waals surface area contributed by atoms with Crippen LogP contribution in [0, 0.1) is 0 Å². The van der Waals surface area contributed by atoms with E-state index < -0.39 is 6.10 Å². The maximum Gasteiger partial charge on any atom is 0.306 e. The predicted octanol–water partition coefficient (Wildman–Crippen LogP) is 17.3. The molecule has 0 aliphatic rings. The molecule has 6 nitrogen and oxygen atoms in total. The van der Waals surface area contributed by atoms with Crippen molar-refractivity contribution in [3.8, 4) is 0 Å². The van der Waals surface area contributed by atoms with Gasteiger partial charge in [-0.25, -0.2) is 0 Å². The predicted molar refractivity (Wildman–Crippen MR) is 279 cm³/mol. The van der Waals surface area contributed by atoms with Crippen LogP contribution in [0.2, 0.25) is 0 Å². The van der Waals surface area contributed by atoms with E-state index in [4.69, 9.17) is 14.2 Å². The highest BCUT2D eigenvalue weighted by atomic mass is 16.6. The molecule has 0 aromatic heterocycles. The van der Waals surface area contributed by atoms with Gasteiger partial charge in [-0.1, -0.05) is 187 Å². The third-order valence-electron chi connectivity index (χ3n) is 10.4. The first-order valence-electron chi connectivity index (χ1n) is 26.0. The molecule has 0 aromatic carbocycles. The van der Waals surface area contributed by atoms with Crippen LogP contribution >= 0.6 is 0 Å². The van der Waals surface area contributed by atoms with E-state index in [2.05, 4.69) is 142 Å². The third kappa shape index (κ3) is 50.7. The monoisotopic (exact) mass is 899 g/mol. The maximum absolute atomic E-state index is 12.8. The highest BCUT2D eigenvalue weighted by Crippen LogP contribution is 2.12. The number of esters is 3. The lowest BCUT2D eigenvalue weighted by atomic mass is 10.1. The van der Waals surface area contributed by atoms with Gasteiger partial charge in [0.2, 0.25) is 0 Å². The van der Waals surface area contributed by atoms with Gasteiger partial charge in [0.1, 0.15) is 13.2 Å². The van der Waals surface area contributed by atoms with Gasteiger partial charge in [-0.15, -0.1) is 0 Å². The Morgan fingerprint density at radius 1 is 0.323 bits per heavy atom. The summed E-state index contributed by atoms with van der Waals surface area (Å²) in [5, 5.41) is 0. The normalized spacial score (nSPS) is 13.1. The number of hydrogen-bond acceptors (Lipinski definition) is 6. The van der Waals surface area contributed by atoms with E-state index in [0.29, 0.717) is 19.3 Å². The number of rotatable bonds is 45. The van der Waals surface area contributed by atoms with Crippen LogP contribution in [0.4, 0.5) is 0 Å². The third-order valence-corrected chi connectivity index (χ3v) is 10.4. The highest BCUT2D eigenvalue weighted by molar-refractivity contribution is 5.71. The second kappa shape index (κ2) is 52.4. The van der Waals surface area contributed by atoms with Gasteiger partial charge in [0.25, 0.3) is 0 Å². The molecule has 0 saturated carbocycles. The summed E-state index contributed by atoms with van der Waals surface area (Å²) in [5.41, 5.74) is 0. The fraction of sp³-hybridized carbons (Fsp3) is 0.610. The molecule has 6 heteroatoms. The van der Waals surface area contributed by atoms with Gasteiger partial charge in [-0.3, -0.25) is 14.4 Å². The highest BCUT2D eigenvalue weighted by Gasteiger charge is 2.19. The van der Waals surface area contributed by atoms with Crippen LogP contribution in [0.25, 0.3) is 0 Å². The zero-order chi connectivity index (χ0) is 47.2. The number of unbranched alkanes of at least 4 members (excludes halogenated alkanes) is 14. The van der Waals surface area contributed by atoms with E-state index in [0.717, 1.165) is 135 Å². The minimum atomic E-state index is -0.815. The minimum Gasteiger partial charge on any atom is -0.462 e. The van der Waals surface area contributed by atoms with Crippen molar-refractivity contribution in [2.45, 2.75) is 219 Å². The van der Waals surface area contributed by atoms with Crippen molar-refractivity contribution in [1.29, 1.82) is 0 Å². The first-order chi connectivity index (χ1) is 32.0. The standard InChI is InChI=1S/C59H94O6/c1-4-7-10-13-16-19-22-25-27-29-30-31-33-34-37-40-43-46-49-52-58(61)64-55-56(54-63-57(60)51-48-45-42-39-36-24-21-18-15-12-9-6-3)65-59(62)53-50-47-44-41-38-35-32-28-26-23-20-17-14-11-8-5-2/h7-8,10-11,16-21,25-28,30-31,34-35,37-38,56H,4-6,9,12-15,22-24,29,32-33,36,39-55H2,1-3H3/b10-7-,11-8-,19-16-,20-17-,21-18-,27-25-,28-26-,31-30-,37-34-,38-35-. The Morgan fingerprint density at radius 2 is 0.600 bits per heavy atom. The number of carbonyl (C=O) groups is 3. The van der Waals surface area contributed by atoms with Crippen molar-refractivity contribution in [3.05, 3.63) is 122 Å². The van der Waals surface area contributed by atoms with Gasteiger partial charge in [0, 0.05) is 19.3 Å². The van der Waals surface area contributed by atoms with E-state index >= 15 is 0 Å². The van der Waals surface area contributed by atoms with E-state index in [1.165, 1.54) is 32.1 Å². The van der Waals surface area contributed by atoms with Crippen LogP contribution in [0.1, 0.15) is 213 Å². The molecule has 366 valence electrons. The Balaban J connectivity index is 4.52.